The Bertz CT molecular complexity index is 335. The van der Waals surface area contributed by atoms with Gasteiger partial charge in [-0.2, -0.15) is 4.98 Å². The fourth-order valence-electron chi connectivity index (χ4n) is 2.19. The Morgan fingerprint density at radius 3 is 3.06 bits per heavy atom. The summed E-state index contributed by atoms with van der Waals surface area (Å²) in [5.41, 5.74) is 0. The second-order valence-corrected chi connectivity index (χ2v) is 4.84. The molecule has 0 aliphatic carbocycles. The van der Waals surface area contributed by atoms with Crippen LogP contribution in [0.3, 0.4) is 0 Å². The van der Waals surface area contributed by atoms with Gasteiger partial charge in [-0.05, 0) is 13.3 Å². The van der Waals surface area contributed by atoms with Gasteiger partial charge in [-0.25, -0.2) is 0 Å². The molecule has 0 saturated carbocycles. The Kier molecular flexibility index (Phi) is 4.36. The summed E-state index contributed by atoms with van der Waals surface area (Å²) in [6.07, 6.45) is 4.72. The molecule has 1 aromatic rings. The van der Waals surface area contributed by atoms with Crippen LogP contribution in [0.2, 0.25) is 0 Å². The molecule has 0 spiro atoms. The molecule has 0 unspecified atom stereocenters. The van der Waals surface area contributed by atoms with Crippen LogP contribution in [-0.4, -0.2) is 40.9 Å². The van der Waals surface area contributed by atoms with Crippen molar-refractivity contribution in [1.29, 1.82) is 0 Å². The van der Waals surface area contributed by atoms with E-state index >= 15 is 0 Å². The van der Waals surface area contributed by atoms with Gasteiger partial charge in [0.2, 0.25) is 5.95 Å². The smallest absolute Gasteiger partial charge is 0.244 e. The number of H-pyrrole nitrogens is 1. The molecule has 1 saturated heterocycles. The van der Waals surface area contributed by atoms with Crippen LogP contribution in [0.25, 0.3) is 0 Å². The molecule has 1 atom stereocenters. The topological polar surface area (TPSA) is 56.8 Å². The largest absolute Gasteiger partial charge is 0.337 e. The first-order chi connectivity index (χ1) is 8.29. The number of unbranched alkanes of at least 4 members (excludes halogenated alkanes) is 2. The minimum absolute atomic E-state index is 0.519. The van der Waals surface area contributed by atoms with E-state index in [9.17, 15) is 0 Å². The highest BCUT2D eigenvalue weighted by Crippen LogP contribution is 2.11. The van der Waals surface area contributed by atoms with E-state index in [2.05, 4.69) is 39.2 Å². The van der Waals surface area contributed by atoms with Crippen LogP contribution in [0.15, 0.2) is 0 Å². The summed E-state index contributed by atoms with van der Waals surface area (Å²) >= 11 is 0. The molecule has 96 valence electrons. The van der Waals surface area contributed by atoms with Crippen molar-refractivity contribution >= 4 is 5.95 Å². The van der Waals surface area contributed by atoms with Gasteiger partial charge in [0.15, 0.2) is 0 Å². The zero-order chi connectivity index (χ0) is 12.1. The molecule has 0 amide bonds. The second kappa shape index (κ2) is 6.00. The first-order valence-corrected chi connectivity index (χ1v) is 6.69. The van der Waals surface area contributed by atoms with E-state index in [1.165, 1.54) is 19.3 Å². The van der Waals surface area contributed by atoms with Gasteiger partial charge in [0, 0.05) is 32.1 Å². The molecule has 5 nitrogen and oxygen atoms in total. The van der Waals surface area contributed by atoms with E-state index < -0.39 is 0 Å². The maximum absolute atomic E-state index is 4.57. The number of aromatic amines is 1. The highest BCUT2D eigenvalue weighted by atomic mass is 15.4. The monoisotopic (exact) mass is 237 g/mol. The van der Waals surface area contributed by atoms with Crippen LogP contribution < -0.4 is 10.2 Å². The highest BCUT2D eigenvalue weighted by Gasteiger charge is 2.18. The number of aromatic nitrogens is 3. The average Bonchev–Trinajstić information content (AvgIpc) is 2.78. The van der Waals surface area contributed by atoms with Crippen molar-refractivity contribution < 1.29 is 0 Å². The van der Waals surface area contributed by atoms with Crippen molar-refractivity contribution in [2.24, 2.45) is 0 Å². The van der Waals surface area contributed by atoms with Gasteiger partial charge in [-0.3, -0.25) is 5.10 Å². The molecule has 2 heterocycles. The minimum Gasteiger partial charge on any atom is -0.337 e. The Hall–Kier alpha value is -1.10. The van der Waals surface area contributed by atoms with Gasteiger partial charge >= 0.3 is 0 Å². The number of hydrogen-bond acceptors (Lipinski definition) is 4. The summed E-state index contributed by atoms with van der Waals surface area (Å²) in [4.78, 5) is 6.82. The molecule has 1 aromatic heterocycles. The summed E-state index contributed by atoms with van der Waals surface area (Å²) in [5.74, 6) is 1.89. The van der Waals surface area contributed by atoms with Crippen molar-refractivity contribution in [3.63, 3.8) is 0 Å². The maximum Gasteiger partial charge on any atom is 0.244 e. The number of hydrogen-bond donors (Lipinski definition) is 2. The molecule has 0 aromatic carbocycles. The molecule has 1 fully saturated rings. The average molecular weight is 237 g/mol. The fraction of sp³-hybridized carbons (Fsp3) is 0.833. The Morgan fingerprint density at radius 1 is 1.41 bits per heavy atom. The Balaban J connectivity index is 1.88. The van der Waals surface area contributed by atoms with E-state index in [0.29, 0.717) is 6.04 Å². The highest BCUT2D eigenvalue weighted by molar-refractivity contribution is 5.30. The lowest BCUT2D eigenvalue weighted by Gasteiger charge is -2.30. The number of nitrogens with zero attached hydrogens (tertiary/aromatic N) is 3. The zero-order valence-corrected chi connectivity index (χ0v) is 10.9. The number of piperazine rings is 1. The normalized spacial score (nSPS) is 20.8. The zero-order valence-electron chi connectivity index (χ0n) is 10.9. The molecule has 17 heavy (non-hydrogen) atoms. The summed E-state index contributed by atoms with van der Waals surface area (Å²) in [6, 6.07) is 0.519. The summed E-state index contributed by atoms with van der Waals surface area (Å²) in [7, 11) is 0. The summed E-state index contributed by atoms with van der Waals surface area (Å²) < 4.78 is 0. The predicted octanol–water partition coefficient (Wildman–Crippen LogP) is 1.34. The van der Waals surface area contributed by atoms with Crippen molar-refractivity contribution in [1.82, 2.24) is 20.5 Å². The third-order valence-electron chi connectivity index (χ3n) is 3.19. The molecular weight excluding hydrogens is 214 g/mol. The van der Waals surface area contributed by atoms with Crippen LogP contribution >= 0.6 is 0 Å². The summed E-state index contributed by atoms with van der Waals surface area (Å²) in [5, 5.41) is 10.8. The maximum atomic E-state index is 4.57. The standard InChI is InChI=1S/C12H23N5/c1-3-4-5-6-11-14-12(16-15-11)17-8-7-13-10(2)9-17/h10,13H,3-9H2,1-2H3,(H,14,15,16)/t10-/m1/s1. The Morgan fingerprint density at radius 2 is 2.29 bits per heavy atom. The van der Waals surface area contributed by atoms with E-state index in [0.717, 1.165) is 37.8 Å². The molecular formula is C12H23N5. The third kappa shape index (κ3) is 3.43. The lowest BCUT2D eigenvalue weighted by atomic mass is 10.2. The van der Waals surface area contributed by atoms with Crippen molar-refractivity contribution in [2.45, 2.75) is 45.6 Å². The number of rotatable bonds is 5. The third-order valence-corrected chi connectivity index (χ3v) is 3.19. The molecule has 5 heteroatoms. The van der Waals surface area contributed by atoms with Gasteiger partial charge in [-0.1, -0.05) is 19.8 Å². The molecule has 0 radical (unpaired) electrons. The van der Waals surface area contributed by atoms with Gasteiger partial charge < -0.3 is 10.2 Å². The molecule has 2 N–H and O–H groups in total. The van der Waals surface area contributed by atoms with E-state index in [-0.39, 0.29) is 0 Å². The lowest BCUT2D eigenvalue weighted by molar-refractivity contribution is 0.479. The van der Waals surface area contributed by atoms with Crippen LogP contribution in [0.5, 0.6) is 0 Å². The van der Waals surface area contributed by atoms with Crippen LogP contribution in [-0.2, 0) is 6.42 Å². The quantitative estimate of drug-likeness (QED) is 0.759. The molecule has 1 aliphatic heterocycles. The molecule has 0 bridgehead atoms. The van der Waals surface area contributed by atoms with Crippen molar-refractivity contribution in [3.8, 4) is 0 Å². The second-order valence-electron chi connectivity index (χ2n) is 4.84. The number of nitrogens with one attached hydrogen (secondary N) is 2. The fourth-order valence-corrected chi connectivity index (χ4v) is 2.19. The van der Waals surface area contributed by atoms with E-state index in [4.69, 9.17) is 0 Å². The van der Waals surface area contributed by atoms with E-state index in [1.807, 2.05) is 0 Å². The predicted molar refractivity (Wildman–Crippen MR) is 69.3 cm³/mol. The number of anilines is 1. The van der Waals surface area contributed by atoms with Crippen LogP contribution in [0.1, 0.15) is 38.9 Å². The minimum atomic E-state index is 0.519. The van der Waals surface area contributed by atoms with Crippen molar-refractivity contribution in [3.05, 3.63) is 5.82 Å². The van der Waals surface area contributed by atoms with Gasteiger partial charge in [0.05, 0.1) is 0 Å². The lowest BCUT2D eigenvalue weighted by Crippen LogP contribution is -2.49. The summed E-state index contributed by atoms with van der Waals surface area (Å²) in [6.45, 7) is 7.42. The van der Waals surface area contributed by atoms with Crippen LogP contribution in [0, 0.1) is 0 Å². The molecule has 2 rings (SSSR count). The van der Waals surface area contributed by atoms with Gasteiger partial charge in [-0.15, -0.1) is 5.10 Å². The Labute approximate surface area is 103 Å². The van der Waals surface area contributed by atoms with Gasteiger partial charge in [0.1, 0.15) is 5.82 Å². The SMILES string of the molecule is CCCCCc1nc(N2CCN[C@H](C)C2)n[nH]1. The molecule has 1 aliphatic rings. The first-order valence-electron chi connectivity index (χ1n) is 6.69. The van der Waals surface area contributed by atoms with E-state index in [1.54, 1.807) is 0 Å². The number of aryl methyl sites for hydroxylation is 1. The van der Waals surface area contributed by atoms with Crippen LogP contribution in [0.4, 0.5) is 5.95 Å². The van der Waals surface area contributed by atoms with Gasteiger partial charge in [0.25, 0.3) is 0 Å². The van der Waals surface area contributed by atoms with Crippen molar-refractivity contribution in [2.75, 3.05) is 24.5 Å². The first kappa shape index (κ1) is 12.4.